The Bertz CT molecular complexity index is 1940. The van der Waals surface area contributed by atoms with Crippen LogP contribution in [-0.2, 0) is 35.8 Å². The summed E-state index contributed by atoms with van der Waals surface area (Å²) >= 11 is 0. The van der Waals surface area contributed by atoms with Crippen LogP contribution >= 0.6 is 0 Å². The first-order chi connectivity index (χ1) is 27.0. The average molecular weight is 761 g/mol. The van der Waals surface area contributed by atoms with E-state index >= 15 is 0 Å². The number of nitrogens with zero attached hydrogens (tertiary/aromatic N) is 12. The van der Waals surface area contributed by atoms with Crippen molar-refractivity contribution in [2.45, 2.75) is 79.6 Å². The van der Waals surface area contributed by atoms with Crippen LogP contribution in [0.2, 0.25) is 0 Å². The minimum atomic E-state index is -0.446. The third-order valence-corrected chi connectivity index (χ3v) is 12.1. The predicted molar refractivity (Wildman–Crippen MR) is 200 cm³/mol. The van der Waals surface area contributed by atoms with Crippen molar-refractivity contribution in [2.24, 2.45) is 34.5 Å². The zero-order valence-corrected chi connectivity index (χ0v) is 32.4. The molecule has 0 spiro atoms. The minimum Gasteiger partial charge on any atom is -0.490 e. The normalized spacial score (nSPS) is 21.7. The Morgan fingerprint density at radius 1 is 0.661 bits per heavy atom. The summed E-state index contributed by atoms with van der Waals surface area (Å²) in [7, 11) is 0. The van der Waals surface area contributed by atoms with E-state index in [9.17, 15) is 20.1 Å². The maximum Gasteiger partial charge on any atom is 0.228 e. The van der Waals surface area contributed by atoms with E-state index in [4.69, 9.17) is 9.47 Å². The van der Waals surface area contributed by atoms with Gasteiger partial charge in [-0.25, -0.2) is 0 Å². The molecule has 4 aliphatic rings. The molecule has 4 aromatic rings. The molecule has 16 heteroatoms. The zero-order chi connectivity index (χ0) is 39.5. The van der Waals surface area contributed by atoms with Gasteiger partial charge < -0.3 is 19.3 Å². The van der Waals surface area contributed by atoms with Crippen molar-refractivity contribution in [3.63, 3.8) is 0 Å². The van der Waals surface area contributed by atoms with Gasteiger partial charge in [-0.05, 0) is 49.4 Å². The first-order valence-corrected chi connectivity index (χ1v) is 19.2. The Hall–Kier alpha value is -5.90. The summed E-state index contributed by atoms with van der Waals surface area (Å²) in [5.41, 5.74) is 1.52. The molecule has 0 aromatic carbocycles. The molecule has 8 rings (SSSR count). The Morgan fingerprint density at radius 3 is 1.39 bits per heavy atom. The molecule has 0 bridgehead atoms. The highest BCUT2D eigenvalue weighted by molar-refractivity contribution is 5.83. The van der Waals surface area contributed by atoms with Gasteiger partial charge in [0.15, 0.2) is 0 Å². The monoisotopic (exact) mass is 760 g/mol. The molecule has 2 saturated carbocycles. The summed E-state index contributed by atoms with van der Waals surface area (Å²) in [4.78, 5) is 42.1. The van der Waals surface area contributed by atoms with Crippen LogP contribution in [0, 0.1) is 57.2 Å². The van der Waals surface area contributed by atoms with Gasteiger partial charge in [0.1, 0.15) is 48.0 Å². The van der Waals surface area contributed by atoms with Crippen LogP contribution < -0.4 is 9.47 Å². The number of ether oxygens (including phenoxy) is 2. The summed E-state index contributed by atoms with van der Waals surface area (Å²) in [6.07, 6.45) is 17.1. The summed E-state index contributed by atoms with van der Waals surface area (Å²) in [5, 5.41) is 35.2. The molecule has 2 fully saturated rings. The molecule has 2 aliphatic carbocycles. The number of carbonyl (C=O) groups is 2. The minimum absolute atomic E-state index is 0.131. The summed E-state index contributed by atoms with van der Waals surface area (Å²) in [5.74, 6) is 3.08. The lowest BCUT2D eigenvalue weighted by atomic mass is 9.61. The lowest BCUT2D eigenvalue weighted by Crippen LogP contribution is -2.49. The topological polar surface area (TPSA) is 194 Å². The number of hydrogen-bond acceptors (Lipinski definition) is 12. The maximum atomic E-state index is 13.3. The molecule has 292 valence electrons. The molecule has 16 nitrogen and oxygen atoms in total. The SMILES string of the molecule is CC(C)(C(=O)N1CCOc2c(C#N)cncc2C1)C1CC(Cn2nccn2)C1.CC(C)(C(=O)N1CCOc2c(C#N)cncc2C1)C1CC(Cn2nccn2)C1. The number of nitriles is 2. The fourth-order valence-electron chi connectivity index (χ4n) is 8.39. The summed E-state index contributed by atoms with van der Waals surface area (Å²) < 4.78 is 11.5. The van der Waals surface area contributed by atoms with Crippen molar-refractivity contribution in [3.8, 4) is 23.6 Å². The smallest absolute Gasteiger partial charge is 0.228 e. The average Bonchev–Trinajstić information content (AvgIpc) is 3.78. The second kappa shape index (κ2) is 16.1. The van der Waals surface area contributed by atoms with Gasteiger partial charge in [0.05, 0.1) is 64.1 Å². The molecule has 0 atom stereocenters. The van der Waals surface area contributed by atoms with E-state index in [-0.39, 0.29) is 11.8 Å². The van der Waals surface area contributed by atoms with E-state index in [0.29, 0.717) is 85.7 Å². The summed E-state index contributed by atoms with van der Waals surface area (Å²) in [6.45, 7) is 12.4. The molecule has 4 aromatic heterocycles. The van der Waals surface area contributed by atoms with Crippen molar-refractivity contribution in [1.29, 1.82) is 10.5 Å². The third kappa shape index (κ3) is 7.92. The van der Waals surface area contributed by atoms with Crippen molar-refractivity contribution in [1.82, 2.24) is 49.8 Å². The van der Waals surface area contributed by atoms with Crippen LogP contribution in [0.1, 0.15) is 75.6 Å². The van der Waals surface area contributed by atoms with E-state index in [1.807, 2.05) is 37.5 Å². The number of amides is 2. The van der Waals surface area contributed by atoms with Gasteiger partial charge in [-0.3, -0.25) is 19.6 Å². The molecule has 0 N–H and O–H groups in total. The highest BCUT2D eigenvalue weighted by Gasteiger charge is 2.47. The maximum absolute atomic E-state index is 13.3. The van der Waals surface area contributed by atoms with Gasteiger partial charge >= 0.3 is 0 Å². The van der Waals surface area contributed by atoms with Crippen molar-refractivity contribution in [2.75, 3.05) is 26.3 Å². The second-order valence-electron chi connectivity index (χ2n) is 16.4. The Balaban J connectivity index is 0.000000172. The van der Waals surface area contributed by atoms with Gasteiger partial charge in [0.2, 0.25) is 11.8 Å². The molecule has 56 heavy (non-hydrogen) atoms. The zero-order valence-electron chi connectivity index (χ0n) is 32.4. The first kappa shape index (κ1) is 38.4. The third-order valence-electron chi connectivity index (χ3n) is 12.1. The van der Waals surface area contributed by atoms with Gasteiger partial charge in [0.25, 0.3) is 0 Å². The molecular formula is C40H48N12O4. The quantitative estimate of drug-likeness (QED) is 0.251. The molecule has 2 amide bonds. The Kier molecular flexibility index (Phi) is 11.0. The molecule has 0 unspecified atom stereocenters. The van der Waals surface area contributed by atoms with Crippen LogP contribution in [0.3, 0.4) is 0 Å². The Morgan fingerprint density at radius 2 is 1.04 bits per heavy atom. The fourth-order valence-corrected chi connectivity index (χ4v) is 8.39. The van der Waals surface area contributed by atoms with E-state index < -0.39 is 10.8 Å². The number of fused-ring (bicyclic) bond motifs is 2. The first-order valence-electron chi connectivity index (χ1n) is 19.2. The van der Waals surface area contributed by atoms with Gasteiger partial charge in [-0.2, -0.15) is 40.5 Å². The summed E-state index contributed by atoms with van der Waals surface area (Å²) in [6, 6.07) is 4.23. The number of pyridine rings is 2. The largest absolute Gasteiger partial charge is 0.490 e. The Labute approximate surface area is 326 Å². The van der Waals surface area contributed by atoms with Gasteiger partial charge in [0, 0.05) is 46.7 Å². The molecule has 6 heterocycles. The number of rotatable bonds is 8. The van der Waals surface area contributed by atoms with E-state index in [0.717, 1.165) is 49.9 Å². The second-order valence-corrected chi connectivity index (χ2v) is 16.4. The molecule has 2 aliphatic heterocycles. The number of aromatic nitrogens is 8. The highest BCUT2D eigenvalue weighted by atomic mass is 16.5. The van der Waals surface area contributed by atoms with E-state index in [2.05, 4.69) is 42.5 Å². The van der Waals surface area contributed by atoms with E-state index in [1.54, 1.807) is 46.8 Å². The lowest BCUT2D eigenvalue weighted by molar-refractivity contribution is -0.148. The molecule has 0 saturated heterocycles. The molecular weight excluding hydrogens is 713 g/mol. The van der Waals surface area contributed by atoms with Crippen LogP contribution in [-0.4, -0.2) is 87.9 Å². The number of hydrogen-bond donors (Lipinski definition) is 0. The van der Waals surface area contributed by atoms with Crippen molar-refractivity contribution in [3.05, 3.63) is 71.8 Å². The van der Waals surface area contributed by atoms with E-state index in [1.165, 1.54) is 12.4 Å². The van der Waals surface area contributed by atoms with Crippen molar-refractivity contribution < 1.29 is 19.1 Å². The van der Waals surface area contributed by atoms with Crippen LogP contribution in [0.4, 0.5) is 0 Å². The standard InChI is InChI=1S/2C20H24N6O2/c2*1-20(2,17-7-14(8-17)12-26-23-3-4-24-26)19(27)25-5-6-28-18-15(9-21)10-22-11-16(18)13-25/h2*3-4,10-11,14,17H,5-8,12-13H2,1-2H3. The lowest BCUT2D eigenvalue weighted by Gasteiger charge is -2.45. The van der Waals surface area contributed by atoms with Gasteiger partial charge in [-0.1, -0.05) is 27.7 Å². The van der Waals surface area contributed by atoms with Crippen LogP contribution in [0.15, 0.2) is 49.6 Å². The van der Waals surface area contributed by atoms with Gasteiger partial charge in [-0.15, -0.1) is 0 Å². The van der Waals surface area contributed by atoms with Crippen molar-refractivity contribution >= 4 is 11.8 Å². The fraction of sp³-hybridized carbons (Fsp3) is 0.550. The number of carbonyl (C=O) groups excluding carboxylic acids is 2. The molecule has 0 radical (unpaired) electrons. The van der Waals surface area contributed by atoms with Crippen LogP contribution in [0.25, 0.3) is 0 Å². The van der Waals surface area contributed by atoms with Crippen LogP contribution in [0.5, 0.6) is 11.5 Å². The predicted octanol–water partition coefficient (Wildman–Crippen LogP) is 4.04. The highest BCUT2D eigenvalue weighted by Crippen LogP contribution is 2.48.